The van der Waals surface area contributed by atoms with Crippen LogP contribution < -0.4 is 4.90 Å². The number of anilines is 3. The molecule has 1 aromatic heterocycles. The normalized spacial score (nSPS) is 11.6. The molecular weight excluding hydrogens is 607 g/mol. The number of hydrogen-bond acceptors (Lipinski definition) is 2. The number of rotatable bonds is 5. The Morgan fingerprint density at radius 1 is 0.380 bits per heavy atom. The number of fused-ring (bicyclic) bond motifs is 7. The Bertz CT molecular complexity index is 2850. The molecule has 0 amide bonds. The summed E-state index contributed by atoms with van der Waals surface area (Å²) in [6.07, 6.45) is 0. The van der Waals surface area contributed by atoms with Crippen molar-refractivity contribution >= 4 is 71.3 Å². The van der Waals surface area contributed by atoms with Gasteiger partial charge in [0.25, 0.3) is 0 Å². The van der Waals surface area contributed by atoms with Gasteiger partial charge in [-0.25, -0.2) is 0 Å². The molecule has 0 aliphatic heterocycles. The van der Waals surface area contributed by atoms with Crippen molar-refractivity contribution in [3.8, 4) is 22.3 Å². The Morgan fingerprint density at radius 3 is 1.72 bits per heavy atom. The van der Waals surface area contributed by atoms with Crippen molar-refractivity contribution in [1.29, 1.82) is 0 Å². The summed E-state index contributed by atoms with van der Waals surface area (Å²) in [6, 6.07) is 67.3. The summed E-state index contributed by atoms with van der Waals surface area (Å²) in [5.41, 5.74) is 9.70. The molecule has 10 rings (SSSR count). The number of nitrogens with zero attached hydrogens (tertiary/aromatic N) is 1. The minimum absolute atomic E-state index is 0.862. The predicted molar refractivity (Wildman–Crippen MR) is 212 cm³/mol. The first-order valence-electron chi connectivity index (χ1n) is 17.1. The van der Waals surface area contributed by atoms with Crippen LogP contribution >= 0.6 is 0 Å². The third-order valence-corrected chi connectivity index (χ3v) is 10.0. The molecule has 0 saturated carbocycles. The Balaban J connectivity index is 1.27. The molecule has 0 aliphatic carbocycles. The Morgan fingerprint density at radius 2 is 0.960 bits per heavy atom. The number of para-hydroxylation sites is 1. The Hall–Kier alpha value is -6.64. The molecule has 0 bridgehead atoms. The second-order valence-corrected chi connectivity index (χ2v) is 12.9. The lowest BCUT2D eigenvalue weighted by Crippen LogP contribution is -2.10. The Labute approximate surface area is 290 Å². The minimum atomic E-state index is 0.862. The van der Waals surface area contributed by atoms with Crippen LogP contribution in [0.3, 0.4) is 0 Å². The van der Waals surface area contributed by atoms with E-state index in [1.807, 2.05) is 0 Å². The topological polar surface area (TPSA) is 16.4 Å². The predicted octanol–water partition coefficient (Wildman–Crippen LogP) is 13.8. The molecule has 0 atom stereocenters. The zero-order valence-electron chi connectivity index (χ0n) is 27.3. The van der Waals surface area contributed by atoms with Gasteiger partial charge in [-0.1, -0.05) is 140 Å². The highest BCUT2D eigenvalue weighted by molar-refractivity contribution is 6.25. The van der Waals surface area contributed by atoms with Gasteiger partial charge in [-0.2, -0.15) is 0 Å². The van der Waals surface area contributed by atoms with Gasteiger partial charge < -0.3 is 9.32 Å². The highest BCUT2D eigenvalue weighted by Gasteiger charge is 2.23. The third kappa shape index (κ3) is 4.50. The van der Waals surface area contributed by atoms with E-state index in [0.717, 1.165) is 44.6 Å². The first kappa shape index (κ1) is 28.4. The molecule has 0 saturated heterocycles. The molecular formula is C48H31NO. The van der Waals surface area contributed by atoms with Crippen molar-refractivity contribution in [3.05, 3.63) is 188 Å². The maximum absolute atomic E-state index is 7.02. The summed E-state index contributed by atoms with van der Waals surface area (Å²) < 4.78 is 7.02. The van der Waals surface area contributed by atoms with Gasteiger partial charge in [0, 0.05) is 22.3 Å². The molecule has 0 aliphatic rings. The van der Waals surface area contributed by atoms with Crippen molar-refractivity contribution in [1.82, 2.24) is 0 Å². The molecule has 0 spiro atoms. The average Bonchev–Trinajstić information content (AvgIpc) is 3.56. The maximum atomic E-state index is 7.02. The van der Waals surface area contributed by atoms with Crippen LogP contribution in [0, 0.1) is 0 Å². The fourth-order valence-corrected chi connectivity index (χ4v) is 7.76. The Kier molecular flexibility index (Phi) is 6.53. The molecule has 1 heterocycles. The van der Waals surface area contributed by atoms with Gasteiger partial charge in [0.15, 0.2) is 0 Å². The van der Waals surface area contributed by atoms with E-state index in [2.05, 4.69) is 193 Å². The van der Waals surface area contributed by atoms with Crippen LogP contribution in [0.25, 0.3) is 76.5 Å². The first-order chi connectivity index (χ1) is 24.8. The second kappa shape index (κ2) is 11.5. The van der Waals surface area contributed by atoms with Gasteiger partial charge in [0.2, 0.25) is 0 Å². The molecule has 2 heteroatoms. The standard InChI is InChI=1S/C48H31NO/c1-3-14-32(15-4-1)33-26-28-37(29-27-33)49(36-18-5-2-6-19-36)44-24-13-25-45-47(44)43-31-35-17-8-10-21-39(35)46(48(43)50-45)42-30-34-16-7-9-20-38(34)40-22-11-12-23-41(40)42/h1-31H. The summed E-state index contributed by atoms with van der Waals surface area (Å²) >= 11 is 0. The van der Waals surface area contributed by atoms with E-state index >= 15 is 0 Å². The van der Waals surface area contributed by atoms with Crippen molar-refractivity contribution in [3.63, 3.8) is 0 Å². The lowest BCUT2D eigenvalue weighted by molar-refractivity contribution is 0.670. The molecule has 0 unspecified atom stereocenters. The van der Waals surface area contributed by atoms with Crippen LogP contribution in [-0.4, -0.2) is 0 Å². The van der Waals surface area contributed by atoms with Gasteiger partial charge >= 0.3 is 0 Å². The largest absolute Gasteiger partial charge is 0.455 e. The van der Waals surface area contributed by atoms with Crippen molar-refractivity contribution in [2.75, 3.05) is 4.90 Å². The minimum Gasteiger partial charge on any atom is -0.455 e. The maximum Gasteiger partial charge on any atom is 0.143 e. The third-order valence-electron chi connectivity index (χ3n) is 10.0. The van der Waals surface area contributed by atoms with Gasteiger partial charge in [-0.15, -0.1) is 0 Å². The molecule has 50 heavy (non-hydrogen) atoms. The van der Waals surface area contributed by atoms with Crippen LogP contribution in [0.1, 0.15) is 0 Å². The lowest BCUT2D eigenvalue weighted by Gasteiger charge is -2.26. The van der Waals surface area contributed by atoms with E-state index < -0.39 is 0 Å². The summed E-state index contributed by atoms with van der Waals surface area (Å²) in [7, 11) is 0. The monoisotopic (exact) mass is 637 g/mol. The summed E-state index contributed by atoms with van der Waals surface area (Å²) in [5, 5.41) is 9.49. The highest BCUT2D eigenvalue weighted by Crippen LogP contribution is 2.48. The number of hydrogen-bond donors (Lipinski definition) is 0. The molecule has 9 aromatic carbocycles. The van der Waals surface area contributed by atoms with Crippen molar-refractivity contribution in [2.45, 2.75) is 0 Å². The zero-order chi connectivity index (χ0) is 33.0. The summed E-state index contributed by atoms with van der Waals surface area (Å²) in [4.78, 5) is 2.35. The second-order valence-electron chi connectivity index (χ2n) is 12.9. The van der Waals surface area contributed by atoms with Crippen LogP contribution in [0.2, 0.25) is 0 Å². The summed E-state index contributed by atoms with van der Waals surface area (Å²) in [5.74, 6) is 0. The van der Waals surface area contributed by atoms with E-state index in [0.29, 0.717) is 0 Å². The van der Waals surface area contributed by atoms with E-state index in [9.17, 15) is 0 Å². The van der Waals surface area contributed by atoms with E-state index in [4.69, 9.17) is 4.42 Å². The fraction of sp³-hybridized carbons (Fsp3) is 0. The van der Waals surface area contributed by atoms with Crippen LogP contribution in [0.4, 0.5) is 17.1 Å². The molecule has 0 radical (unpaired) electrons. The lowest BCUT2D eigenvalue weighted by atomic mass is 9.89. The smallest absolute Gasteiger partial charge is 0.143 e. The van der Waals surface area contributed by atoms with Gasteiger partial charge in [0.1, 0.15) is 11.2 Å². The van der Waals surface area contributed by atoms with Gasteiger partial charge in [0.05, 0.1) is 11.1 Å². The quantitative estimate of drug-likeness (QED) is 0.175. The van der Waals surface area contributed by atoms with Crippen molar-refractivity contribution < 1.29 is 4.42 Å². The molecule has 10 aromatic rings. The SMILES string of the molecule is c1ccc(-c2ccc(N(c3ccccc3)c3cccc4oc5c(-c6cc7ccccc7c7ccccc67)c6ccccc6cc5c34)cc2)cc1. The van der Waals surface area contributed by atoms with E-state index in [1.54, 1.807) is 0 Å². The number of furan rings is 1. The van der Waals surface area contributed by atoms with Crippen LogP contribution in [-0.2, 0) is 0 Å². The van der Waals surface area contributed by atoms with E-state index in [-0.39, 0.29) is 0 Å². The first-order valence-corrected chi connectivity index (χ1v) is 17.1. The fourth-order valence-electron chi connectivity index (χ4n) is 7.76. The average molecular weight is 638 g/mol. The molecule has 234 valence electrons. The van der Waals surface area contributed by atoms with Crippen LogP contribution in [0.5, 0.6) is 0 Å². The van der Waals surface area contributed by atoms with Gasteiger partial charge in [-0.05, 0) is 97.5 Å². The van der Waals surface area contributed by atoms with Gasteiger partial charge in [-0.3, -0.25) is 0 Å². The highest BCUT2D eigenvalue weighted by atomic mass is 16.3. The zero-order valence-corrected chi connectivity index (χ0v) is 27.3. The number of benzene rings is 9. The molecule has 0 fully saturated rings. The van der Waals surface area contributed by atoms with Crippen LogP contribution in [0.15, 0.2) is 192 Å². The molecule has 2 nitrogen and oxygen atoms in total. The molecule has 0 N–H and O–H groups in total. The van der Waals surface area contributed by atoms with Crippen molar-refractivity contribution in [2.24, 2.45) is 0 Å². The van der Waals surface area contributed by atoms with E-state index in [1.165, 1.54) is 49.0 Å². The summed E-state index contributed by atoms with van der Waals surface area (Å²) in [6.45, 7) is 0.